The van der Waals surface area contributed by atoms with Crippen LogP contribution in [0.1, 0.15) is 41.5 Å². The standard InChI is InChI=1S/C13H14ClNS/c1-2-4-10(8-15)13(14)12-7-9-5-3-6-11(9)16-12/h7H,2-6H2,1H3. The Bertz CT molecular complexity index is 443. The first-order valence-electron chi connectivity index (χ1n) is 5.67. The molecule has 0 aromatic carbocycles. The Labute approximate surface area is 105 Å². The molecule has 0 N–H and O–H groups in total. The van der Waals surface area contributed by atoms with E-state index in [1.165, 1.54) is 29.7 Å². The van der Waals surface area contributed by atoms with E-state index in [1.54, 1.807) is 11.3 Å². The molecule has 2 rings (SSSR count). The zero-order valence-electron chi connectivity index (χ0n) is 9.35. The second kappa shape index (κ2) is 5.03. The van der Waals surface area contributed by atoms with Crippen molar-refractivity contribution in [1.29, 1.82) is 5.26 Å². The Morgan fingerprint density at radius 2 is 2.38 bits per heavy atom. The molecule has 0 aliphatic heterocycles. The number of hydrogen-bond donors (Lipinski definition) is 0. The molecular weight excluding hydrogens is 238 g/mol. The van der Waals surface area contributed by atoms with Crippen LogP contribution in [0.2, 0.25) is 0 Å². The molecule has 1 aromatic rings. The molecule has 0 bridgehead atoms. The fourth-order valence-corrected chi connectivity index (χ4v) is 3.58. The Morgan fingerprint density at radius 3 is 3.00 bits per heavy atom. The summed E-state index contributed by atoms with van der Waals surface area (Å²) in [5, 5.41) is 9.72. The lowest BCUT2D eigenvalue weighted by molar-refractivity contribution is 0.914. The molecule has 84 valence electrons. The highest BCUT2D eigenvalue weighted by molar-refractivity contribution is 7.14. The highest BCUT2D eigenvalue weighted by atomic mass is 35.5. The summed E-state index contributed by atoms with van der Waals surface area (Å²) in [6.45, 7) is 2.07. The molecule has 0 saturated carbocycles. The number of nitriles is 1. The van der Waals surface area contributed by atoms with Crippen molar-refractivity contribution in [2.24, 2.45) is 0 Å². The summed E-state index contributed by atoms with van der Waals surface area (Å²) in [5.74, 6) is 0. The van der Waals surface area contributed by atoms with E-state index >= 15 is 0 Å². The van der Waals surface area contributed by atoms with Gasteiger partial charge in [0.2, 0.25) is 0 Å². The van der Waals surface area contributed by atoms with Crippen molar-refractivity contribution in [3.63, 3.8) is 0 Å². The zero-order valence-corrected chi connectivity index (χ0v) is 10.9. The molecule has 1 nitrogen and oxygen atoms in total. The minimum absolute atomic E-state index is 0.670. The van der Waals surface area contributed by atoms with Crippen molar-refractivity contribution >= 4 is 28.0 Å². The molecular formula is C13H14ClNS. The van der Waals surface area contributed by atoms with Gasteiger partial charge in [0.1, 0.15) is 0 Å². The minimum atomic E-state index is 0.670. The van der Waals surface area contributed by atoms with E-state index in [0.29, 0.717) is 5.03 Å². The van der Waals surface area contributed by atoms with E-state index < -0.39 is 0 Å². The van der Waals surface area contributed by atoms with Gasteiger partial charge in [0, 0.05) is 15.3 Å². The number of nitrogens with zero attached hydrogens (tertiary/aromatic N) is 1. The molecule has 3 heteroatoms. The number of aryl methyl sites for hydroxylation is 2. The lowest BCUT2D eigenvalue weighted by Crippen LogP contribution is -1.82. The fourth-order valence-electron chi connectivity index (χ4n) is 2.05. The molecule has 0 spiro atoms. The summed E-state index contributed by atoms with van der Waals surface area (Å²) >= 11 is 8.04. The SMILES string of the molecule is CCCC(C#N)=C(Cl)c1cc2c(s1)CCC2. The molecule has 0 fully saturated rings. The quantitative estimate of drug-likeness (QED) is 0.725. The van der Waals surface area contributed by atoms with Crippen LogP contribution in [0.5, 0.6) is 0 Å². The lowest BCUT2D eigenvalue weighted by Gasteiger charge is -1.99. The second-order valence-corrected chi connectivity index (χ2v) is 5.58. The van der Waals surface area contributed by atoms with Gasteiger partial charge in [-0.05, 0) is 37.3 Å². The van der Waals surface area contributed by atoms with E-state index in [0.717, 1.165) is 23.3 Å². The highest BCUT2D eigenvalue weighted by Gasteiger charge is 2.17. The summed E-state index contributed by atoms with van der Waals surface area (Å²) in [6, 6.07) is 4.39. The van der Waals surface area contributed by atoms with Gasteiger partial charge < -0.3 is 0 Å². The van der Waals surface area contributed by atoms with E-state index in [-0.39, 0.29) is 0 Å². The smallest absolute Gasteiger partial charge is 0.0963 e. The monoisotopic (exact) mass is 251 g/mol. The Balaban J connectivity index is 2.33. The van der Waals surface area contributed by atoms with E-state index in [4.69, 9.17) is 16.9 Å². The van der Waals surface area contributed by atoms with Gasteiger partial charge in [-0.3, -0.25) is 0 Å². The van der Waals surface area contributed by atoms with Crippen LogP contribution in [-0.2, 0) is 12.8 Å². The third kappa shape index (κ3) is 2.16. The maximum absolute atomic E-state index is 9.05. The third-order valence-corrected chi connectivity index (χ3v) is 4.66. The first kappa shape index (κ1) is 11.7. The molecule has 0 amide bonds. The average molecular weight is 252 g/mol. The maximum Gasteiger partial charge on any atom is 0.0963 e. The van der Waals surface area contributed by atoms with Crippen LogP contribution in [0.25, 0.3) is 5.03 Å². The van der Waals surface area contributed by atoms with Crippen molar-refractivity contribution in [2.45, 2.75) is 39.0 Å². The van der Waals surface area contributed by atoms with Crippen molar-refractivity contribution < 1.29 is 0 Å². The first-order chi connectivity index (χ1) is 7.76. The van der Waals surface area contributed by atoms with Crippen LogP contribution >= 0.6 is 22.9 Å². The van der Waals surface area contributed by atoms with Crippen LogP contribution in [0.15, 0.2) is 11.6 Å². The molecule has 0 unspecified atom stereocenters. The molecule has 1 aliphatic carbocycles. The van der Waals surface area contributed by atoms with Crippen molar-refractivity contribution in [3.05, 3.63) is 27.0 Å². The summed E-state index contributed by atoms with van der Waals surface area (Å²) in [6.07, 6.45) is 5.36. The fraction of sp³-hybridized carbons (Fsp3) is 0.462. The predicted molar refractivity (Wildman–Crippen MR) is 69.6 cm³/mol. The number of thiophene rings is 1. The third-order valence-electron chi connectivity index (χ3n) is 2.86. The molecule has 0 atom stereocenters. The number of allylic oxidation sites excluding steroid dienone is 1. The van der Waals surface area contributed by atoms with Crippen LogP contribution in [-0.4, -0.2) is 0 Å². The minimum Gasteiger partial charge on any atom is -0.193 e. The predicted octanol–water partition coefficient (Wildman–Crippen LogP) is 4.51. The van der Waals surface area contributed by atoms with Gasteiger partial charge in [0.25, 0.3) is 0 Å². The molecule has 1 aromatic heterocycles. The van der Waals surface area contributed by atoms with Crippen LogP contribution in [0, 0.1) is 11.3 Å². The van der Waals surface area contributed by atoms with Crippen LogP contribution in [0.4, 0.5) is 0 Å². The van der Waals surface area contributed by atoms with Gasteiger partial charge in [-0.15, -0.1) is 11.3 Å². The van der Waals surface area contributed by atoms with Gasteiger partial charge in [-0.2, -0.15) is 5.26 Å². The van der Waals surface area contributed by atoms with Crippen molar-refractivity contribution in [2.75, 3.05) is 0 Å². The summed E-state index contributed by atoms with van der Waals surface area (Å²) in [4.78, 5) is 2.54. The molecule has 0 saturated heterocycles. The van der Waals surface area contributed by atoms with E-state index in [1.807, 2.05) is 0 Å². The molecule has 1 aliphatic rings. The van der Waals surface area contributed by atoms with Gasteiger partial charge in [-0.1, -0.05) is 24.9 Å². The summed E-state index contributed by atoms with van der Waals surface area (Å²) in [7, 11) is 0. The Hall–Kier alpha value is -0.780. The number of hydrogen-bond acceptors (Lipinski definition) is 2. The Kier molecular flexibility index (Phi) is 3.68. The number of halogens is 1. The largest absolute Gasteiger partial charge is 0.193 e. The normalized spacial score (nSPS) is 15.6. The highest BCUT2D eigenvalue weighted by Crippen LogP contribution is 2.37. The lowest BCUT2D eigenvalue weighted by atomic mass is 10.1. The zero-order chi connectivity index (χ0) is 11.5. The van der Waals surface area contributed by atoms with Crippen molar-refractivity contribution in [3.8, 4) is 6.07 Å². The summed E-state index contributed by atoms with van der Waals surface area (Å²) in [5.41, 5.74) is 2.16. The van der Waals surface area contributed by atoms with Gasteiger partial charge in [0.15, 0.2) is 0 Å². The van der Waals surface area contributed by atoms with Crippen LogP contribution < -0.4 is 0 Å². The first-order valence-corrected chi connectivity index (χ1v) is 6.86. The van der Waals surface area contributed by atoms with Crippen LogP contribution in [0.3, 0.4) is 0 Å². The van der Waals surface area contributed by atoms with Crippen molar-refractivity contribution in [1.82, 2.24) is 0 Å². The molecule has 0 radical (unpaired) electrons. The molecule has 1 heterocycles. The number of fused-ring (bicyclic) bond motifs is 1. The van der Waals surface area contributed by atoms with E-state index in [9.17, 15) is 0 Å². The molecule has 16 heavy (non-hydrogen) atoms. The van der Waals surface area contributed by atoms with Gasteiger partial charge >= 0.3 is 0 Å². The maximum atomic E-state index is 9.05. The topological polar surface area (TPSA) is 23.8 Å². The Morgan fingerprint density at radius 1 is 1.56 bits per heavy atom. The average Bonchev–Trinajstić information content (AvgIpc) is 2.84. The van der Waals surface area contributed by atoms with Gasteiger partial charge in [0.05, 0.1) is 11.1 Å². The summed E-state index contributed by atoms with van der Waals surface area (Å²) < 4.78 is 0. The second-order valence-electron chi connectivity index (χ2n) is 4.07. The van der Waals surface area contributed by atoms with E-state index in [2.05, 4.69) is 19.1 Å². The number of rotatable bonds is 3. The van der Waals surface area contributed by atoms with Gasteiger partial charge in [-0.25, -0.2) is 0 Å².